The van der Waals surface area contributed by atoms with Crippen molar-refractivity contribution in [2.45, 2.75) is 43.2 Å². The summed E-state index contributed by atoms with van der Waals surface area (Å²) in [4.78, 5) is 25.1. The first-order valence-electron chi connectivity index (χ1n) is 7.52. The quantitative estimate of drug-likeness (QED) is 0.609. The van der Waals surface area contributed by atoms with Gasteiger partial charge in [0, 0.05) is 0 Å². The van der Waals surface area contributed by atoms with Crippen LogP contribution in [0.25, 0.3) is 10.7 Å². The van der Waals surface area contributed by atoms with E-state index < -0.39 is 22.9 Å². The lowest BCUT2D eigenvalue weighted by Crippen LogP contribution is -2.29. The molecule has 1 unspecified atom stereocenters. The van der Waals surface area contributed by atoms with Gasteiger partial charge in [0.05, 0.1) is 10.1 Å². The van der Waals surface area contributed by atoms with Gasteiger partial charge in [-0.2, -0.15) is 0 Å². The van der Waals surface area contributed by atoms with Crippen LogP contribution in [0.5, 0.6) is 0 Å². The molecule has 1 atom stereocenters. The zero-order chi connectivity index (χ0) is 18.6. The van der Waals surface area contributed by atoms with E-state index in [0.717, 1.165) is 16.6 Å². The summed E-state index contributed by atoms with van der Waals surface area (Å²) in [5.41, 5.74) is 4.74. The van der Waals surface area contributed by atoms with Crippen LogP contribution < -0.4 is 5.73 Å². The number of ether oxygens (including phenoxy) is 1. The number of carbonyl (C=O) groups is 2. The summed E-state index contributed by atoms with van der Waals surface area (Å²) in [7, 11) is 0. The van der Waals surface area contributed by atoms with E-state index in [9.17, 15) is 9.59 Å². The minimum atomic E-state index is -0.680. The number of thioether (sulfide) groups is 1. The molecular weight excluding hydrogens is 360 g/mol. The Kier molecular flexibility index (Phi) is 6.02. The number of thiophene rings is 1. The predicted molar refractivity (Wildman–Crippen MR) is 98.6 cm³/mol. The highest BCUT2D eigenvalue weighted by atomic mass is 32.2. The van der Waals surface area contributed by atoms with Gasteiger partial charge in [-0.05, 0) is 38.6 Å². The predicted octanol–water partition coefficient (Wildman–Crippen LogP) is 3.31. The van der Waals surface area contributed by atoms with Gasteiger partial charge in [-0.15, -0.1) is 28.1 Å². The van der Waals surface area contributed by atoms with E-state index >= 15 is 0 Å². The second kappa shape index (κ2) is 7.83. The Hall–Kier alpha value is -2.13. The fraction of sp³-hybridized carbons (Fsp3) is 0.375. The Morgan fingerprint density at radius 1 is 1.48 bits per heavy atom. The molecule has 2 heterocycles. The molecule has 0 radical (unpaired) electrons. The van der Waals surface area contributed by atoms with Crippen molar-refractivity contribution in [1.29, 1.82) is 0 Å². The Balaban J connectivity index is 2.44. The average Bonchev–Trinajstić information content (AvgIpc) is 3.13. The monoisotopic (exact) mass is 380 g/mol. The average molecular weight is 380 g/mol. The summed E-state index contributed by atoms with van der Waals surface area (Å²) >= 11 is 2.49. The lowest BCUT2D eigenvalue weighted by atomic mass is 10.2. The molecule has 0 spiro atoms. The molecular formula is C16H20N4O3S2. The largest absolute Gasteiger partial charge is 0.443 e. The Labute approximate surface area is 154 Å². The molecule has 9 heteroatoms. The number of nitrogens with zero attached hydrogens (tertiary/aromatic N) is 3. The maximum absolute atomic E-state index is 12.7. The van der Waals surface area contributed by atoms with Crippen LogP contribution in [0.15, 0.2) is 35.3 Å². The number of nitrogens with two attached hydrogens (primary N) is 1. The number of rotatable bonds is 6. The lowest BCUT2D eigenvalue weighted by Gasteiger charge is -2.20. The Morgan fingerprint density at radius 2 is 2.20 bits per heavy atom. The number of primary amides is 1. The molecule has 0 bridgehead atoms. The van der Waals surface area contributed by atoms with Crippen molar-refractivity contribution in [1.82, 2.24) is 14.8 Å². The summed E-state index contributed by atoms with van der Waals surface area (Å²) in [6, 6.07) is 3.68. The molecule has 2 rings (SSSR count). The molecule has 134 valence electrons. The number of allylic oxidation sites excluding steroid dienone is 1. The van der Waals surface area contributed by atoms with E-state index in [1.807, 2.05) is 17.5 Å². The molecule has 0 aliphatic carbocycles. The number of amides is 1. The van der Waals surface area contributed by atoms with E-state index in [4.69, 9.17) is 10.5 Å². The van der Waals surface area contributed by atoms with Crippen molar-refractivity contribution >= 4 is 35.1 Å². The minimum absolute atomic E-state index is 0.253. The van der Waals surface area contributed by atoms with Crippen molar-refractivity contribution in [2.75, 3.05) is 0 Å². The van der Waals surface area contributed by atoms with Gasteiger partial charge in [-0.25, -0.2) is 9.36 Å². The normalized spacial score (nSPS) is 12.6. The minimum Gasteiger partial charge on any atom is -0.443 e. The molecule has 2 aromatic rings. The van der Waals surface area contributed by atoms with Crippen LogP contribution in [0.1, 0.15) is 27.2 Å². The molecule has 7 nitrogen and oxygen atoms in total. The molecule has 0 fully saturated rings. The van der Waals surface area contributed by atoms with Crippen molar-refractivity contribution < 1.29 is 14.3 Å². The Morgan fingerprint density at radius 3 is 2.72 bits per heavy atom. The Bertz CT molecular complexity index is 763. The van der Waals surface area contributed by atoms with Gasteiger partial charge in [-0.3, -0.25) is 4.79 Å². The SMILES string of the molecule is C=CCC(Sc1nnc(-c2cccs2)n1C(=O)OC(C)(C)C)C(N)=O. The maximum Gasteiger partial charge on any atom is 0.422 e. The van der Waals surface area contributed by atoms with E-state index in [2.05, 4.69) is 16.8 Å². The number of hydrogen-bond donors (Lipinski definition) is 1. The van der Waals surface area contributed by atoms with Crippen LogP contribution in [-0.4, -0.2) is 37.6 Å². The van der Waals surface area contributed by atoms with Gasteiger partial charge in [0.25, 0.3) is 0 Å². The zero-order valence-electron chi connectivity index (χ0n) is 14.3. The van der Waals surface area contributed by atoms with Gasteiger partial charge in [0.1, 0.15) is 5.60 Å². The molecule has 2 aromatic heterocycles. The third-order valence-corrected chi connectivity index (χ3v) is 4.95. The van der Waals surface area contributed by atoms with E-state index in [1.165, 1.54) is 15.9 Å². The van der Waals surface area contributed by atoms with Crippen LogP contribution in [-0.2, 0) is 9.53 Å². The fourth-order valence-corrected chi connectivity index (χ4v) is 3.54. The smallest absolute Gasteiger partial charge is 0.422 e. The highest BCUT2D eigenvalue weighted by molar-refractivity contribution is 8.00. The highest BCUT2D eigenvalue weighted by Crippen LogP contribution is 2.31. The van der Waals surface area contributed by atoms with Gasteiger partial charge in [-0.1, -0.05) is 23.9 Å². The van der Waals surface area contributed by atoms with Gasteiger partial charge >= 0.3 is 6.09 Å². The van der Waals surface area contributed by atoms with Crippen molar-refractivity contribution in [2.24, 2.45) is 5.73 Å². The molecule has 0 aliphatic heterocycles. The first-order valence-corrected chi connectivity index (χ1v) is 9.28. The highest BCUT2D eigenvalue weighted by Gasteiger charge is 2.28. The fourth-order valence-electron chi connectivity index (χ4n) is 1.88. The van der Waals surface area contributed by atoms with Crippen LogP contribution in [0.2, 0.25) is 0 Å². The number of aromatic nitrogens is 3. The third-order valence-electron chi connectivity index (χ3n) is 2.90. The van der Waals surface area contributed by atoms with Crippen molar-refractivity contribution in [3.63, 3.8) is 0 Å². The van der Waals surface area contributed by atoms with E-state index in [0.29, 0.717) is 12.2 Å². The van der Waals surface area contributed by atoms with Gasteiger partial charge < -0.3 is 10.5 Å². The first-order chi connectivity index (χ1) is 11.7. The van der Waals surface area contributed by atoms with Gasteiger partial charge in [0.2, 0.25) is 11.1 Å². The summed E-state index contributed by atoms with van der Waals surface area (Å²) in [5.74, 6) is -0.144. The van der Waals surface area contributed by atoms with Gasteiger partial charge in [0.15, 0.2) is 5.82 Å². The number of carbonyl (C=O) groups excluding carboxylic acids is 2. The zero-order valence-corrected chi connectivity index (χ0v) is 15.9. The molecule has 0 saturated carbocycles. The summed E-state index contributed by atoms with van der Waals surface area (Å²) in [5, 5.41) is 9.70. The van der Waals surface area contributed by atoms with Crippen LogP contribution in [0, 0.1) is 0 Å². The molecule has 2 N–H and O–H groups in total. The molecule has 0 aromatic carbocycles. The second-order valence-corrected chi connectivity index (χ2v) is 8.25. The molecule has 1 amide bonds. The van der Waals surface area contributed by atoms with E-state index in [-0.39, 0.29) is 5.16 Å². The van der Waals surface area contributed by atoms with Crippen molar-refractivity contribution in [3.8, 4) is 10.7 Å². The van der Waals surface area contributed by atoms with Crippen LogP contribution in [0.3, 0.4) is 0 Å². The summed E-state index contributed by atoms with van der Waals surface area (Å²) in [6.07, 6.45) is 1.34. The first kappa shape index (κ1) is 19.2. The second-order valence-electron chi connectivity index (χ2n) is 6.13. The topological polar surface area (TPSA) is 100 Å². The van der Waals surface area contributed by atoms with Crippen LogP contribution in [0.4, 0.5) is 4.79 Å². The molecule has 25 heavy (non-hydrogen) atoms. The summed E-state index contributed by atoms with van der Waals surface area (Å²) in [6.45, 7) is 8.95. The van der Waals surface area contributed by atoms with Crippen molar-refractivity contribution in [3.05, 3.63) is 30.2 Å². The molecule has 0 aliphatic rings. The maximum atomic E-state index is 12.7. The standard InChI is InChI=1S/C16H20N4O3S2/c1-5-7-10(12(17)21)25-14-19-18-13(11-8-6-9-24-11)20(14)15(22)23-16(2,3)4/h5-6,8-10H,1,7H2,2-4H3,(H2,17,21). The lowest BCUT2D eigenvalue weighted by molar-refractivity contribution is -0.117. The third kappa shape index (κ3) is 4.93. The summed E-state index contributed by atoms with van der Waals surface area (Å²) < 4.78 is 6.74. The number of hydrogen-bond acceptors (Lipinski definition) is 7. The van der Waals surface area contributed by atoms with Crippen LogP contribution >= 0.6 is 23.1 Å². The molecule has 0 saturated heterocycles. The van der Waals surface area contributed by atoms with E-state index in [1.54, 1.807) is 26.8 Å².